The van der Waals surface area contributed by atoms with E-state index in [0.29, 0.717) is 6.54 Å². The topological polar surface area (TPSA) is 78.6 Å². The van der Waals surface area contributed by atoms with Gasteiger partial charge in [-0.3, -0.25) is 9.59 Å². The summed E-state index contributed by atoms with van der Waals surface area (Å²) in [6.07, 6.45) is 0.104. The molecule has 5 heteroatoms. The smallest absolute Gasteiger partial charge is 0.306 e. The quantitative estimate of drug-likeness (QED) is 0.567. The molecule has 2 N–H and O–H groups in total. The fraction of sp³-hybridized carbons (Fsp3) is 0.714. The van der Waals surface area contributed by atoms with Crippen LogP contribution >= 0.6 is 0 Å². The summed E-state index contributed by atoms with van der Waals surface area (Å²) in [7, 11) is 1.27. The predicted octanol–water partition coefficient (Wildman–Crippen LogP) is -0.558. The Morgan fingerprint density at radius 2 is 1.83 bits per heavy atom. The van der Waals surface area contributed by atoms with Crippen molar-refractivity contribution >= 4 is 11.9 Å². The summed E-state index contributed by atoms with van der Waals surface area (Å²) in [4.78, 5) is 21.3. The Morgan fingerprint density at radius 3 is 2.33 bits per heavy atom. The Labute approximate surface area is 70.8 Å². The molecule has 0 rings (SSSR count). The van der Waals surface area contributed by atoms with E-state index in [0.717, 1.165) is 0 Å². The second-order valence-electron chi connectivity index (χ2n) is 2.09. The normalized spacial score (nSPS) is 9.17. The zero-order valence-electron chi connectivity index (χ0n) is 7.04. The first kappa shape index (κ1) is 10.9. The number of carbonyl (C=O) groups is 2. The van der Waals surface area contributed by atoms with Gasteiger partial charge < -0.3 is 15.2 Å². The molecule has 5 nitrogen and oxygen atoms in total. The molecule has 0 saturated heterocycles. The molecule has 0 saturated carbocycles. The van der Waals surface area contributed by atoms with Crippen LogP contribution in [0.3, 0.4) is 0 Å². The number of ether oxygens (including phenoxy) is 2. The molecule has 70 valence electrons. The molecule has 0 aromatic rings. The third-order valence-electron chi connectivity index (χ3n) is 1.14. The molecule has 12 heavy (non-hydrogen) atoms. The van der Waals surface area contributed by atoms with Crippen LogP contribution in [0.25, 0.3) is 0 Å². The van der Waals surface area contributed by atoms with Crippen molar-refractivity contribution in [3.05, 3.63) is 0 Å². The molecule has 0 aliphatic rings. The fourth-order valence-corrected chi connectivity index (χ4v) is 0.551. The fourth-order valence-electron chi connectivity index (χ4n) is 0.551. The number of esters is 2. The van der Waals surface area contributed by atoms with Crippen LogP contribution in [-0.2, 0) is 19.1 Å². The molecule has 0 aromatic heterocycles. The molecule has 0 fully saturated rings. The van der Waals surface area contributed by atoms with Gasteiger partial charge in [0.2, 0.25) is 0 Å². The zero-order chi connectivity index (χ0) is 9.40. The van der Waals surface area contributed by atoms with Crippen LogP contribution < -0.4 is 5.73 Å². The predicted molar refractivity (Wildman–Crippen MR) is 41.3 cm³/mol. The van der Waals surface area contributed by atoms with Gasteiger partial charge in [-0.05, 0) is 0 Å². The summed E-state index contributed by atoms with van der Waals surface area (Å²) in [5, 5.41) is 0. The van der Waals surface area contributed by atoms with Gasteiger partial charge in [0.05, 0.1) is 20.0 Å². The lowest BCUT2D eigenvalue weighted by molar-refractivity contribution is -0.148. The number of methoxy groups -OCH3 is 1. The minimum absolute atomic E-state index is 0.0483. The summed E-state index contributed by atoms with van der Waals surface area (Å²) in [5.41, 5.74) is 5.09. The molecule has 0 spiro atoms. The average Bonchev–Trinajstić information content (AvgIpc) is 2.10. The van der Waals surface area contributed by atoms with Crippen LogP contribution in [0.15, 0.2) is 0 Å². The van der Waals surface area contributed by atoms with E-state index < -0.39 is 11.9 Å². The van der Waals surface area contributed by atoms with Gasteiger partial charge in [0.15, 0.2) is 0 Å². The first-order chi connectivity index (χ1) is 5.70. The number of hydrogen-bond donors (Lipinski definition) is 1. The molecule has 0 aliphatic carbocycles. The zero-order valence-corrected chi connectivity index (χ0v) is 7.04. The molecule has 0 aliphatic heterocycles. The lowest BCUT2D eigenvalue weighted by atomic mass is 10.3. The van der Waals surface area contributed by atoms with Crippen molar-refractivity contribution in [1.29, 1.82) is 0 Å². The Balaban J connectivity index is 3.37. The first-order valence-electron chi connectivity index (χ1n) is 3.63. The van der Waals surface area contributed by atoms with Crippen molar-refractivity contribution in [2.24, 2.45) is 5.73 Å². The Morgan fingerprint density at radius 1 is 1.25 bits per heavy atom. The molecule has 0 atom stereocenters. The highest BCUT2D eigenvalue weighted by Gasteiger charge is 2.06. The van der Waals surface area contributed by atoms with E-state index in [1.807, 2.05) is 0 Å². The summed E-state index contributed by atoms with van der Waals surface area (Å²) in [5.74, 6) is -0.842. The Hall–Kier alpha value is -1.10. The molecular weight excluding hydrogens is 162 g/mol. The standard InChI is InChI=1S/C7H13NO4/c1-11-6(9)2-3-7(10)12-5-4-8/h2-5,8H2,1H3. The molecular formula is C7H13NO4. The highest BCUT2D eigenvalue weighted by Crippen LogP contribution is 1.94. The van der Waals surface area contributed by atoms with Crippen molar-refractivity contribution in [2.45, 2.75) is 12.8 Å². The van der Waals surface area contributed by atoms with Gasteiger partial charge in [0.1, 0.15) is 6.61 Å². The minimum Gasteiger partial charge on any atom is -0.469 e. The number of carbonyl (C=O) groups excluding carboxylic acids is 2. The lowest BCUT2D eigenvalue weighted by Gasteiger charge is -2.01. The van der Waals surface area contributed by atoms with Crippen LogP contribution in [0.5, 0.6) is 0 Å². The SMILES string of the molecule is COC(=O)CCC(=O)OCCN. The molecule has 0 bridgehead atoms. The van der Waals surface area contributed by atoms with Crippen LogP contribution in [0.4, 0.5) is 0 Å². The van der Waals surface area contributed by atoms with Crippen LogP contribution in [0, 0.1) is 0 Å². The van der Waals surface area contributed by atoms with Crippen molar-refractivity contribution in [2.75, 3.05) is 20.3 Å². The van der Waals surface area contributed by atoms with Gasteiger partial charge in [0.25, 0.3) is 0 Å². The summed E-state index contributed by atoms with van der Waals surface area (Å²) in [6.45, 7) is 0.490. The van der Waals surface area contributed by atoms with E-state index >= 15 is 0 Å². The van der Waals surface area contributed by atoms with Gasteiger partial charge in [0, 0.05) is 6.54 Å². The number of nitrogens with two attached hydrogens (primary N) is 1. The second kappa shape index (κ2) is 6.60. The highest BCUT2D eigenvalue weighted by molar-refractivity contribution is 5.77. The van der Waals surface area contributed by atoms with Crippen molar-refractivity contribution < 1.29 is 19.1 Å². The number of hydrogen-bond acceptors (Lipinski definition) is 5. The van der Waals surface area contributed by atoms with Crippen molar-refractivity contribution in [3.8, 4) is 0 Å². The third-order valence-corrected chi connectivity index (χ3v) is 1.14. The van der Waals surface area contributed by atoms with Gasteiger partial charge in [-0.25, -0.2) is 0 Å². The van der Waals surface area contributed by atoms with Gasteiger partial charge in [-0.15, -0.1) is 0 Å². The van der Waals surface area contributed by atoms with Gasteiger partial charge in [-0.2, -0.15) is 0 Å². The van der Waals surface area contributed by atoms with E-state index in [4.69, 9.17) is 5.73 Å². The molecule has 0 heterocycles. The maximum atomic E-state index is 10.7. The molecule has 0 amide bonds. The molecule has 0 unspecified atom stereocenters. The van der Waals surface area contributed by atoms with Crippen LogP contribution in [0.1, 0.15) is 12.8 Å². The number of rotatable bonds is 5. The maximum absolute atomic E-state index is 10.7. The van der Waals surface area contributed by atoms with Gasteiger partial charge >= 0.3 is 11.9 Å². The van der Waals surface area contributed by atoms with E-state index in [9.17, 15) is 9.59 Å². The summed E-state index contributed by atoms with van der Waals surface area (Å²) >= 11 is 0. The Bertz CT molecular complexity index is 157. The largest absolute Gasteiger partial charge is 0.469 e. The maximum Gasteiger partial charge on any atom is 0.306 e. The minimum atomic E-state index is -0.425. The second-order valence-corrected chi connectivity index (χ2v) is 2.09. The van der Waals surface area contributed by atoms with E-state index in [1.54, 1.807) is 0 Å². The highest BCUT2D eigenvalue weighted by atomic mass is 16.5. The monoisotopic (exact) mass is 175 g/mol. The summed E-state index contributed by atoms with van der Waals surface area (Å²) in [6, 6.07) is 0. The van der Waals surface area contributed by atoms with Crippen molar-refractivity contribution in [3.63, 3.8) is 0 Å². The summed E-state index contributed by atoms with van der Waals surface area (Å²) < 4.78 is 8.95. The third kappa shape index (κ3) is 5.67. The molecule has 0 radical (unpaired) electrons. The van der Waals surface area contributed by atoms with Crippen molar-refractivity contribution in [1.82, 2.24) is 0 Å². The van der Waals surface area contributed by atoms with E-state index in [1.165, 1.54) is 7.11 Å². The van der Waals surface area contributed by atoms with Gasteiger partial charge in [-0.1, -0.05) is 0 Å². The van der Waals surface area contributed by atoms with E-state index in [2.05, 4.69) is 9.47 Å². The van der Waals surface area contributed by atoms with E-state index in [-0.39, 0.29) is 19.4 Å². The Kier molecular flexibility index (Phi) is 6.00. The first-order valence-corrected chi connectivity index (χ1v) is 3.63. The van der Waals surface area contributed by atoms with Crippen LogP contribution in [0.2, 0.25) is 0 Å². The molecule has 0 aromatic carbocycles. The average molecular weight is 175 g/mol. The lowest BCUT2D eigenvalue weighted by Crippen LogP contribution is -2.14. The van der Waals surface area contributed by atoms with Crippen LogP contribution in [-0.4, -0.2) is 32.2 Å².